The number of halogens is 1. The van der Waals surface area contributed by atoms with E-state index in [1.54, 1.807) is 7.11 Å². The molecule has 1 fully saturated rings. The summed E-state index contributed by atoms with van der Waals surface area (Å²) in [5.41, 5.74) is 2.41. The minimum atomic E-state index is 0.639. The zero-order chi connectivity index (χ0) is 13.2. The standard InChI is InChI=1S/C16H20BrNO/c1-19-10-14-15(17)3-2-4-16(14)18-9-13-8-11-5-6-12(13)7-11/h2-6,11-13,18H,7-10H2,1H3. The summed E-state index contributed by atoms with van der Waals surface area (Å²) in [6, 6.07) is 6.29. The lowest BCUT2D eigenvalue weighted by atomic mass is 9.93. The van der Waals surface area contributed by atoms with Crippen LogP contribution in [0.3, 0.4) is 0 Å². The Bertz CT molecular complexity index is 486. The van der Waals surface area contributed by atoms with Gasteiger partial charge in [0, 0.05) is 29.4 Å². The van der Waals surface area contributed by atoms with Crippen LogP contribution in [0.15, 0.2) is 34.8 Å². The molecule has 2 bridgehead atoms. The van der Waals surface area contributed by atoms with Crippen LogP contribution in [-0.4, -0.2) is 13.7 Å². The van der Waals surface area contributed by atoms with E-state index in [4.69, 9.17) is 4.74 Å². The highest BCUT2D eigenvalue weighted by atomic mass is 79.9. The number of fused-ring (bicyclic) bond motifs is 2. The Morgan fingerprint density at radius 1 is 1.32 bits per heavy atom. The van der Waals surface area contributed by atoms with Gasteiger partial charge in [-0.15, -0.1) is 0 Å². The number of hydrogen-bond donors (Lipinski definition) is 1. The number of hydrogen-bond acceptors (Lipinski definition) is 2. The van der Waals surface area contributed by atoms with Crippen LogP contribution in [-0.2, 0) is 11.3 Å². The highest BCUT2D eigenvalue weighted by Crippen LogP contribution is 2.43. The van der Waals surface area contributed by atoms with Crippen molar-refractivity contribution < 1.29 is 4.74 Å². The summed E-state index contributed by atoms with van der Waals surface area (Å²) in [7, 11) is 1.74. The second-order valence-electron chi connectivity index (χ2n) is 5.62. The Hall–Kier alpha value is -0.800. The van der Waals surface area contributed by atoms with E-state index in [9.17, 15) is 0 Å². The fourth-order valence-corrected chi connectivity index (χ4v) is 3.87. The van der Waals surface area contributed by atoms with Crippen molar-refractivity contribution in [1.29, 1.82) is 0 Å². The van der Waals surface area contributed by atoms with Gasteiger partial charge in [0.25, 0.3) is 0 Å². The summed E-state index contributed by atoms with van der Waals surface area (Å²) in [4.78, 5) is 0. The van der Waals surface area contributed by atoms with Gasteiger partial charge in [-0.3, -0.25) is 0 Å². The maximum absolute atomic E-state index is 5.29. The quantitative estimate of drug-likeness (QED) is 0.820. The van der Waals surface area contributed by atoms with E-state index in [1.165, 1.54) is 24.1 Å². The molecule has 2 nitrogen and oxygen atoms in total. The molecule has 19 heavy (non-hydrogen) atoms. The Kier molecular flexibility index (Phi) is 3.94. The molecule has 0 aromatic heterocycles. The predicted molar refractivity (Wildman–Crippen MR) is 82.2 cm³/mol. The van der Waals surface area contributed by atoms with Crippen LogP contribution in [0.25, 0.3) is 0 Å². The molecule has 3 atom stereocenters. The number of allylic oxidation sites excluding steroid dienone is 2. The maximum atomic E-state index is 5.29. The average molecular weight is 322 g/mol. The number of ether oxygens (including phenoxy) is 1. The summed E-state index contributed by atoms with van der Waals surface area (Å²) in [5, 5.41) is 3.62. The number of benzene rings is 1. The SMILES string of the molecule is COCc1c(Br)cccc1NCC1CC2C=CC1C2. The highest BCUT2D eigenvalue weighted by Gasteiger charge is 2.35. The number of rotatable bonds is 5. The van der Waals surface area contributed by atoms with E-state index in [1.807, 2.05) is 0 Å². The molecule has 0 saturated heterocycles. The lowest BCUT2D eigenvalue weighted by Crippen LogP contribution is -2.19. The van der Waals surface area contributed by atoms with Crippen LogP contribution in [0.4, 0.5) is 5.69 Å². The summed E-state index contributed by atoms with van der Waals surface area (Å²) >= 11 is 3.60. The molecular weight excluding hydrogens is 302 g/mol. The van der Waals surface area contributed by atoms with E-state index in [2.05, 4.69) is 51.6 Å². The monoisotopic (exact) mass is 321 g/mol. The van der Waals surface area contributed by atoms with Gasteiger partial charge in [-0.1, -0.05) is 34.1 Å². The second kappa shape index (κ2) is 5.68. The molecule has 102 valence electrons. The van der Waals surface area contributed by atoms with Crippen LogP contribution in [0.5, 0.6) is 0 Å². The molecule has 2 aliphatic rings. The molecule has 1 aromatic carbocycles. The van der Waals surface area contributed by atoms with Crippen LogP contribution in [0, 0.1) is 17.8 Å². The van der Waals surface area contributed by atoms with Crippen LogP contribution in [0.1, 0.15) is 18.4 Å². The molecule has 1 aromatic rings. The smallest absolute Gasteiger partial charge is 0.0744 e. The van der Waals surface area contributed by atoms with Gasteiger partial charge in [0.2, 0.25) is 0 Å². The topological polar surface area (TPSA) is 21.3 Å². The van der Waals surface area contributed by atoms with Gasteiger partial charge in [0.05, 0.1) is 6.61 Å². The van der Waals surface area contributed by atoms with Crippen molar-refractivity contribution in [3.63, 3.8) is 0 Å². The first-order valence-corrected chi connectivity index (χ1v) is 7.75. The van der Waals surface area contributed by atoms with Gasteiger partial charge < -0.3 is 10.1 Å². The van der Waals surface area contributed by atoms with E-state index >= 15 is 0 Å². The fraction of sp³-hybridized carbons (Fsp3) is 0.500. The first kappa shape index (κ1) is 13.2. The van der Waals surface area contributed by atoms with Gasteiger partial charge >= 0.3 is 0 Å². The number of nitrogens with one attached hydrogen (secondary N) is 1. The third-order valence-electron chi connectivity index (χ3n) is 4.38. The molecule has 1 N–H and O–H groups in total. The molecule has 1 saturated carbocycles. The summed E-state index contributed by atoms with van der Waals surface area (Å²) in [6.45, 7) is 1.71. The zero-order valence-corrected chi connectivity index (χ0v) is 12.8. The lowest BCUT2D eigenvalue weighted by molar-refractivity contribution is 0.185. The number of methoxy groups -OCH3 is 1. The van der Waals surface area contributed by atoms with Crippen molar-refractivity contribution in [2.45, 2.75) is 19.4 Å². The highest BCUT2D eigenvalue weighted by molar-refractivity contribution is 9.10. The molecule has 3 heteroatoms. The minimum Gasteiger partial charge on any atom is -0.384 e. The van der Waals surface area contributed by atoms with Crippen molar-refractivity contribution >= 4 is 21.6 Å². The van der Waals surface area contributed by atoms with E-state index < -0.39 is 0 Å². The van der Waals surface area contributed by atoms with Gasteiger partial charge in [-0.25, -0.2) is 0 Å². The van der Waals surface area contributed by atoms with Crippen molar-refractivity contribution in [3.8, 4) is 0 Å². The minimum absolute atomic E-state index is 0.639. The molecule has 0 amide bonds. The Morgan fingerprint density at radius 2 is 2.21 bits per heavy atom. The van der Waals surface area contributed by atoms with Crippen LogP contribution >= 0.6 is 15.9 Å². The zero-order valence-electron chi connectivity index (χ0n) is 11.2. The maximum Gasteiger partial charge on any atom is 0.0744 e. The first-order valence-electron chi connectivity index (χ1n) is 6.96. The second-order valence-corrected chi connectivity index (χ2v) is 6.47. The van der Waals surface area contributed by atoms with Crippen molar-refractivity contribution in [2.24, 2.45) is 17.8 Å². The van der Waals surface area contributed by atoms with E-state index in [0.717, 1.165) is 28.8 Å². The van der Waals surface area contributed by atoms with E-state index in [-0.39, 0.29) is 0 Å². The molecule has 2 aliphatic carbocycles. The molecule has 0 radical (unpaired) electrons. The summed E-state index contributed by atoms with van der Waals surface area (Å²) in [6.07, 6.45) is 7.53. The normalized spacial score (nSPS) is 28.0. The van der Waals surface area contributed by atoms with Crippen LogP contribution in [0.2, 0.25) is 0 Å². The fourth-order valence-electron chi connectivity index (χ4n) is 3.39. The Morgan fingerprint density at radius 3 is 2.89 bits per heavy atom. The number of anilines is 1. The van der Waals surface area contributed by atoms with Gasteiger partial charge in [0.15, 0.2) is 0 Å². The predicted octanol–water partition coefficient (Wildman–Crippen LogP) is 4.22. The summed E-state index contributed by atoms with van der Waals surface area (Å²) < 4.78 is 6.41. The van der Waals surface area contributed by atoms with Crippen molar-refractivity contribution in [2.75, 3.05) is 19.0 Å². The van der Waals surface area contributed by atoms with Gasteiger partial charge in [-0.05, 0) is 42.7 Å². The molecule has 3 unspecified atom stereocenters. The molecular formula is C16H20BrNO. The first-order chi connectivity index (χ1) is 9.28. The van der Waals surface area contributed by atoms with Crippen molar-refractivity contribution in [3.05, 3.63) is 40.4 Å². The van der Waals surface area contributed by atoms with Gasteiger partial charge in [0.1, 0.15) is 0 Å². The summed E-state index contributed by atoms with van der Waals surface area (Å²) in [5.74, 6) is 2.44. The third-order valence-corrected chi connectivity index (χ3v) is 5.12. The van der Waals surface area contributed by atoms with E-state index in [0.29, 0.717) is 6.61 Å². The third kappa shape index (κ3) is 2.72. The lowest BCUT2D eigenvalue weighted by Gasteiger charge is -2.21. The molecule has 0 spiro atoms. The van der Waals surface area contributed by atoms with Gasteiger partial charge in [-0.2, -0.15) is 0 Å². The molecule has 3 rings (SSSR count). The van der Waals surface area contributed by atoms with Crippen molar-refractivity contribution in [1.82, 2.24) is 0 Å². The Labute approximate surface area is 123 Å². The van der Waals surface area contributed by atoms with Crippen LogP contribution < -0.4 is 5.32 Å². The average Bonchev–Trinajstić information content (AvgIpc) is 3.02. The largest absolute Gasteiger partial charge is 0.384 e. The molecule has 0 aliphatic heterocycles. The Balaban J connectivity index is 1.66. The molecule has 0 heterocycles.